The zero-order chi connectivity index (χ0) is 23.3. The lowest BCUT2D eigenvalue weighted by atomic mass is 10.2. The predicted molar refractivity (Wildman–Crippen MR) is 112 cm³/mol. The number of nitrogens with one attached hydrogen (secondary N) is 1. The van der Waals surface area contributed by atoms with Crippen LogP contribution < -0.4 is 15.6 Å². The molecule has 1 aromatic carbocycles. The highest BCUT2D eigenvalue weighted by molar-refractivity contribution is 9.10. The van der Waals surface area contributed by atoms with Gasteiger partial charge in [0.15, 0.2) is 0 Å². The number of aryl methyl sites for hydroxylation is 1. The lowest BCUT2D eigenvalue weighted by molar-refractivity contribution is 0.0939. The van der Waals surface area contributed by atoms with E-state index < -0.39 is 23.1 Å². The van der Waals surface area contributed by atoms with Gasteiger partial charge in [0, 0.05) is 18.2 Å². The van der Waals surface area contributed by atoms with Gasteiger partial charge in [-0.2, -0.15) is 4.98 Å². The molecule has 0 radical (unpaired) electrons. The summed E-state index contributed by atoms with van der Waals surface area (Å²) in [6, 6.07) is 3.10. The second-order valence-electron chi connectivity index (χ2n) is 6.57. The molecule has 0 aliphatic rings. The molecule has 12 heteroatoms. The summed E-state index contributed by atoms with van der Waals surface area (Å²) < 4.78 is 33.6. The minimum absolute atomic E-state index is 0.0265. The number of aliphatic hydroxyl groups excluding tert-OH is 1. The predicted octanol–water partition coefficient (Wildman–Crippen LogP) is 1.73. The molecule has 168 valence electrons. The number of ether oxygens (including phenoxy) is 1. The molecule has 2 aromatic heterocycles. The lowest BCUT2D eigenvalue weighted by Crippen LogP contribution is -2.28. The second-order valence-corrected chi connectivity index (χ2v) is 7.36. The number of halogens is 3. The molecule has 0 bridgehead atoms. The highest BCUT2D eigenvalue weighted by Gasteiger charge is 2.16. The van der Waals surface area contributed by atoms with Crippen LogP contribution in [0.5, 0.6) is 5.88 Å². The fourth-order valence-electron chi connectivity index (χ4n) is 2.66. The number of hydrogen-bond acceptors (Lipinski definition) is 7. The summed E-state index contributed by atoms with van der Waals surface area (Å²) >= 11 is 3.15. The summed E-state index contributed by atoms with van der Waals surface area (Å²) in [4.78, 5) is 37.0. The van der Waals surface area contributed by atoms with Gasteiger partial charge in [0.2, 0.25) is 5.88 Å². The van der Waals surface area contributed by atoms with Crippen molar-refractivity contribution in [3.05, 3.63) is 79.8 Å². The quantitative estimate of drug-likeness (QED) is 0.474. The Morgan fingerprint density at radius 3 is 2.72 bits per heavy atom. The largest absolute Gasteiger partial charge is 0.472 e. The molecule has 3 rings (SSSR count). The molecule has 3 aromatic rings. The Balaban J connectivity index is 1.75. The van der Waals surface area contributed by atoms with Crippen molar-refractivity contribution in [1.29, 1.82) is 0 Å². The molecule has 0 aliphatic heterocycles. The van der Waals surface area contributed by atoms with Crippen molar-refractivity contribution < 1.29 is 23.4 Å². The van der Waals surface area contributed by atoms with Crippen LogP contribution in [0, 0.1) is 18.6 Å². The van der Waals surface area contributed by atoms with Gasteiger partial charge in [-0.25, -0.2) is 13.8 Å². The molecular weight excluding hydrogens is 492 g/mol. The zero-order valence-electron chi connectivity index (χ0n) is 16.8. The highest BCUT2D eigenvalue weighted by Crippen LogP contribution is 2.21. The van der Waals surface area contributed by atoms with E-state index in [1.807, 2.05) is 0 Å². The number of rotatable bonds is 8. The van der Waals surface area contributed by atoms with Crippen molar-refractivity contribution in [2.75, 3.05) is 13.2 Å². The number of aromatic nitrogens is 4. The van der Waals surface area contributed by atoms with Gasteiger partial charge in [0.1, 0.15) is 34.2 Å². The molecule has 0 unspecified atom stereocenters. The Kier molecular flexibility index (Phi) is 7.59. The van der Waals surface area contributed by atoms with Crippen molar-refractivity contribution in [1.82, 2.24) is 24.8 Å². The van der Waals surface area contributed by atoms with Gasteiger partial charge >= 0.3 is 0 Å². The van der Waals surface area contributed by atoms with Crippen molar-refractivity contribution in [2.45, 2.75) is 20.1 Å². The summed E-state index contributed by atoms with van der Waals surface area (Å²) in [5, 5.41) is 11.2. The fourth-order valence-corrected chi connectivity index (χ4v) is 3.07. The number of benzene rings is 1. The molecule has 9 nitrogen and oxygen atoms in total. The van der Waals surface area contributed by atoms with Crippen LogP contribution in [0.25, 0.3) is 0 Å². The van der Waals surface area contributed by atoms with E-state index in [2.05, 4.69) is 36.2 Å². The molecule has 0 aliphatic carbocycles. The number of carbonyl (C=O) groups is 1. The van der Waals surface area contributed by atoms with Crippen molar-refractivity contribution >= 4 is 21.8 Å². The van der Waals surface area contributed by atoms with Crippen LogP contribution in [-0.4, -0.2) is 43.7 Å². The maximum absolute atomic E-state index is 13.8. The van der Waals surface area contributed by atoms with Gasteiger partial charge in [0.25, 0.3) is 11.5 Å². The SMILES string of the molecule is Cc1nc(OCc2ccc(F)cc2F)c(Br)c(=O)n1Cc1cnc(C(=O)NCCO)cn1. The molecular formula is C20H18BrF2N5O4. The fraction of sp³-hybridized carbons (Fsp3) is 0.250. The summed E-state index contributed by atoms with van der Waals surface area (Å²) in [5.74, 6) is -1.67. The first kappa shape index (κ1) is 23.4. The summed E-state index contributed by atoms with van der Waals surface area (Å²) in [6.07, 6.45) is 2.62. The van der Waals surface area contributed by atoms with Crippen LogP contribution in [-0.2, 0) is 13.2 Å². The molecule has 2 N–H and O–H groups in total. The molecule has 1 amide bonds. The lowest BCUT2D eigenvalue weighted by Gasteiger charge is -2.13. The van der Waals surface area contributed by atoms with Gasteiger partial charge in [0.05, 0.1) is 31.2 Å². The van der Waals surface area contributed by atoms with Crippen molar-refractivity contribution in [3.8, 4) is 5.88 Å². The van der Waals surface area contributed by atoms with Crippen LogP contribution in [0.3, 0.4) is 0 Å². The number of nitrogens with zero attached hydrogens (tertiary/aromatic N) is 4. The van der Waals surface area contributed by atoms with E-state index in [4.69, 9.17) is 9.84 Å². The van der Waals surface area contributed by atoms with Gasteiger partial charge in [-0.05, 0) is 35.0 Å². The Morgan fingerprint density at radius 1 is 1.28 bits per heavy atom. The zero-order valence-corrected chi connectivity index (χ0v) is 18.4. The second kappa shape index (κ2) is 10.4. The maximum Gasteiger partial charge on any atom is 0.272 e. The van der Waals surface area contributed by atoms with E-state index >= 15 is 0 Å². The van der Waals surface area contributed by atoms with E-state index in [1.165, 1.54) is 23.0 Å². The first-order chi connectivity index (χ1) is 15.3. The molecule has 0 fully saturated rings. The van der Waals surface area contributed by atoms with E-state index in [1.54, 1.807) is 6.92 Å². The normalized spacial score (nSPS) is 10.8. The minimum Gasteiger partial charge on any atom is -0.472 e. The molecule has 0 saturated heterocycles. The molecule has 32 heavy (non-hydrogen) atoms. The Hall–Kier alpha value is -3.25. The summed E-state index contributed by atoms with van der Waals surface area (Å²) in [7, 11) is 0. The Bertz CT molecular complexity index is 1190. The third kappa shape index (κ3) is 5.51. The smallest absolute Gasteiger partial charge is 0.272 e. The average molecular weight is 510 g/mol. The Morgan fingerprint density at radius 2 is 2.06 bits per heavy atom. The maximum atomic E-state index is 13.8. The van der Waals surface area contributed by atoms with Crippen LogP contribution in [0.4, 0.5) is 8.78 Å². The number of carbonyl (C=O) groups excluding carboxylic acids is 1. The van der Waals surface area contributed by atoms with Crippen LogP contribution in [0.2, 0.25) is 0 Å². The van der Waals surface area contributed by atoms with E-state index in [0.29, 0.717) is 11.5 Å². The van der Waals surface area contributed by atoms with Crippen molar-refractivity contribution in [2.24, 2.45) is 0 Å². The average Bonchev–Trinajstić information content (AvgIpc) is 2.78. The van der Waals surface area contributed by atoms with Gasteiger partial charge < -0.3 is 15.2 Å². The highest BCUT2D eigenvalue weighted by atomic mass is 79.9. The Labute approximate surface area is 189 Å². The third-order valence-electron chi connectivity index (χ3n) is 4.31. The van der Waals surface area contributed by atoms with Crippen LogP contribution in [0.15, 0.2) is 39.9 Å². The number of aliphatic hydroxyl groups is 1. The summed E-state index contributed by atoms with van der Waals surface area (Å²) in [6.45, 7) is 1.28. The monoisotopic (exact) mass is 509 g/mol. The standard InChI is InChI=1S/C20H18BrF2N5O4/c1-11-27-19(32-10-12-2-3-13(22)6-15(12)23)17(21)20(31)28(11)9-14-7-26-16(8-25-14)18(30)24-4-5-29/h2-3,6-8,29H,4-5,9-10H2,1H3,(H,24,30). The van der Waals surface area contributed by atoms with E-state index in [0.717, 1.165) is 12.1 Å². The number of hydrogen-bond donors (Lipinski definition) is 2. The molecule has 0 atom stereocenters. The van der Waals surface area contributed by atoms with Gasteiger partial charge in [-0.3, -0.25) is 19.1 Å². The van der Waals surface area contributed by atoms with Crippen LogP contribution in [0.1, 0.15) is 27.6 Å². The van der Waals surface area contributed by atoms with Crippen molar-refractivity contribution in [3.63, 3.8) is 0 Å². The first-order valence-electron chi connectivity index (χ1n) is 9.33. The first-order valence-corrected chi connectivity index (χ1v) is 10.1. The van der Waals surface area contributed by atoms with Gasteiger partial charge in [-0.1, -0.05) is 0 Å². The topological polar surface area (TPSA) is 119 Å². The molecule has 2 heterocycles. The number of amides is 1. The van der Waals surface area contributed by atoms with Gasteiger partial charge in [-0.15, -0.1) is 0 Å². The van der Waals surface area contributed by atoms with E-state index in [9.17, 15) is 18.4 Å². The van der Waals surface area contributed by atoms with E-state index in [-0.39, 0.29) is 47.9 Å². The molecule has 0 spiro atoms. The van der Waals surface area contributed by atoms with Crippen LogP contribution >= 0.6 is 15.9 Å². The summed E-state index contributed by atoms with van der Waals surface area (Å²) in [5.41, 5.74) is 0.131. The third-order valence-corrected chi connectivity index (χ3v) is 4.99. The molecule has 0 saturated carbocycles. The minimum atomic E-state index is -0.766.